The van der Waals surface area contributed by atoms with Crippen LogP contribution in [-0.2, 0) is 4.79 Å². The fourth-order valence-corrected chi connectivity index (χ4v) is 1.81. The lowest BCUT2D eigenvalue weighted by molar-refractivity contribution is -0.137. The van der Waals surface area contributed by atoms with E-state index in [1.165, 1.54) is 16.2 Å². The average molecular weight is 242 g/mol. The Balaban J connectivity index is 2.56. The number of nitrogens with zero attached hydrogens (tertiary/aromatic N) is 1. The molecule has 1 aromatic heterocycles. The van der Waals surface area contributed by atoms with Gasteiger partial charge in [0.2, 0.25) is 0 Å². The average Bonchev–Trinajstić information content (AvgIpc) is 2.69. The Morgan fingerprint density at radius 2 is 2.31 bits per heavy atom. The first-order chi connectivity index (χ1) is 7.63. The van der Waals surface area contributed by atoms with Gasteiger partial charge in [0.1, 0.15) is 6.54 Å². The van der Waals surface area contributed by atoms with Crippen LogP contribution in [0.1, 0.15) is 13.3 Å². The van der Waals surface area contributed by atoms with Crippen molar-refractivity contribution in [1.82, 2.24) is 4.90 Å². The third-order valence-corrected chi connectivity index (χ3v) is 2.56. The number of aliphatic carboxylic acids is 1. The Kier molecular flexibility index (Phi) is 4.78. The maximum absolute atomic E-state index is 11.7. The van der Waals surface area contributed by atoms with Gasteiger partial charge in [0.05, 0.1) is 5.69 Å². The largest absolute Gasteiger partial charge is 0.480 e. The number of carboxylic acids is 1. The number of nitrogens with one attached hydrogen (secondary N) is 1. The number of carbonyl (C=O) groups excluding carboxylic acids is 1. The van der Waals surface area contributed by atoms with E-state index in [0.717, 1.165) is 6.42 Å². The molecule has 0 radical (unpaired) electrons. The minimum absolute atomic E-state index is 0.274. The molecule has 0 saturated heterocycles. The summed E-state index contributed by atoms with van der Waals surface area (Å²) in [6.45, 7) is 2.05. The summed E-state index contributed by atoms with van der Waals surface area (Å²) in [5.41, 5.74) is 0.696. The van der Waals surface area contributed by atoms with E-state index < -0.39 is 5.97 Å². The highest BCUT2D eigenvalue weighted by Crippen LogP contribution is 2.12. The summed E-state index contributed by atoms with van der Waals surface area (Å²) in [4.78, 5) is 23.5. The molecule has 1 aromatic rings. The van der Waals surface area contributed by atoms with Gasteiger partial charge >= 0.3 is 12.0 Å². The number of hydrogen-bond donors (Lipinski definition) is 2. The molecule has 0 aliphatic rings. The third kappa shape index (κ3) is 3.90. The second kappa shape index (κ2) is 6.12. The van der Waals surface area contributed by atoms with E-state index in [2.05, 4.69) is 5.32 Å². The molecular weight excluding hydrogens is 228 g/mol. The first-order valence-electron chi connectivity index (χ1n) is 4.93. The van der Waals surface area contributed by atoms with Crippen molar-refractivity contribution in [3.05, 3.63) is 16.8 Å². The highest BCUT2D eigenvalue weighted by Gasteiger charge is 2.15. The number of carboxylic acid groups (broad SMARTS) is 1. The fourth-order valence-electron chi connectivity index (χ4n) is 1.22. The van der Waals surface area contributed by atoms with Crippen molar-refractivity contribution in [2.24, 2.45) is 0 Å². The molecule has 2 amide bonds. The summed E-state index contributed by atoms with van der Waals surface area (Å²) in [6, 6.07) is 1.40. The summed E-state index contributed by atoms with van der Waals surface area (Å²) in [5.74, 6) is -1.01. The van der Waals surface area contributed by atoms with E-state index in [4.69, 9.17) is 5.11 Å². The van der Waals surface area contributed by atoms with Crippen LogP contribution in [0.25, 0.3) is 0 Å². The van der Waals surface area contributed by atoms with Gasteiger partial charge in [-0.1, -0.05) is 6.92 Å². The molecule has 0 aliphatic carbocycles. The smallest absolute Gasteiger partial charge is 0.323 e. The lowest BCUT2D eigenvalue weighted by Gasteiger charge is -2.19. The molecule has 0 aliphatic heterocycles. The molecule has 0 fully saturated rings. The highest BCUT2D eigenvalue weighted by atomic mass is 32.1. The second-order valence-electron chi connectivity index (χ2n) is 3.26. The molecule has 5 nitrogen and oxygen atoms in total. The van der Waals surface area contributed by atoms with Gasteiger partial charge in [-0.3, -0.25) is 4.79 Å². The van der Waals surface area contributed by atoms with Crippen LogP contribution in [0, 0.1) is 0 Å². The van der Waals surface area contributed by atoms with Gasteiger partial charge in [0.15, 0.2) is 0 Å². The molecule has 1 rings (SSSR count). The molecule has 2 N–H and O–H groups in total. The van der Waals surface area contributed by atoms with Crippen molar-refractivity contribution in [2.75, 3.05) is 18.4 Å². The Labute approximate surface area is 97.7 Å². The molecule has 1 heterocycles. The van der Waals surface area contributed by atoms with Crippen LogP contribution >= 0.6 is 11.3 Å². The maximum Gasteiger partial charge on any atom is 0.323 e. The van der Waals surface area contributed by atoms with E-state index in [9.17, 15) is 9.59 Å². The van der Waals surface area contributed by atoms with Crippen LogP contribution in [0.4, 0.5) is 10.5 Å². The molecule has 88 valence electrons. The van der Waals surface area contributed by atoms with Gasteiger partial charge in [0.25, 0.3) is 0 Å². The first-order valence-corrected chi connectivity index (χ1v) is 5.87. The van der Waals surface area contributed by atoms with Crippen molar-refractivity contribution in [1.29, 1.82) is 0 Å². The van der Waals surface area contributed by atoms with Crippen LogP contribution in [0.5, 0.6) is 0 Å². The Hall–Kier alpha value is -1.56. The van der Waals surface area contributed by atoms with Crippen LogP contribution in [0.3, 0.4) is 0 Å². The molecule has 0 atom stereocenters. The Morgan fingerprint density at radius 3 is 2.81 bits per heavy atom. The third-order valence-electron chi connectivity index (χ3n) is 1.88. The highest BCUT2D eigenvalue weighted by molar-refractivity contribution is 7.08. The van der Waals surface area contributed by atoms with Crippen LogP contribution in [0.15, 0.2) is 16.8 Å². The van der Waals surface area contributed by atoms with Gasteiger partial charge in [-0.25, -0.2) is 4.79 Å². The van der Waals surface area contributed by atoms with Gasteiger partial charge in [-0.05, 0) is 17.9 Å². The normalized spacial score (nSPS) is 9.81. The minimum Gasteiger partial charge on any atom is -0.480 e. The number of amides is 2. The molecular formula is C10H14N2O3S. The predicted molar refractivity (Wildman–Crippen MR) is 62.8 cm³/mol. The van der Waals surface area contributed by atoms with E-state index in [1.807, 2.05) is 12.3 Å². The van der Waals surface area contributed by atoms with Crippen molar-refractivity contribution in [2.45, 2.75) is 13.3 Å². The van der Waals surface area contributed by atoms with Crippen molar-refractivity contribution >= 4 is 29.0 Å². The van der Waals surface area contributed by atoms with Crippen LogP contribution in [0.2, 0.25) is 0 Å². The van der Waals surface area contributed by atoms with Gasteiger partial charge < -0.3 is 15.3 Å². The fraction of sp³-hybridized carbons (Fsp3) is 0.400. The molecule has 0 unspecified atom stereocenters. The summed E-state index contributed by atoms with van der Waals surface area (Å²) < 4.78 is 0. The summed E-state index contributed by atoms with van der Waals surface area (Å²) >= 11 is 1.47. The molecule has 0 spiro atoms. The number of anilines is 1. The lowest BCUT2D eigenvalue weighted by atomic mass is 10.4. The molecule has 6 heteroatoms. The van der Waals surface area contributed by atoms with Crippen molar-refractivity contribution in [3.63, 3.8) is 0 Å². The van der Waals surface area contributed by atoms with Gasteiger partial charge in [0, 0.05) is 11.9 Å². The monoisotopic (exact) mass is 242 g/mol. The second-order valence-corrected chi connectivity index (χ2v) is 4.04. The quantitative estimate of drug-likeness (QED) is 0.830. The standard InChI is InChI=1S/C10H14N2O3S/c1-2-4-12(6-9(13)14)10(15)11-8-3-5-16-7-8/h3,5,7H,2,4,6H2,1H3,(H,11,15)(H,13,14). The summed E-state index contributed by atoms with van der Waals surface area (Å²) in [7, 11) is 0. The zero-order valence-electron chi connectivity index (χ0n) is 8.97. The summed E-state index contributed by atoms with van der Waals surface area (Å²) in [5, 5.41) is 15.0. The van der Waals surface area contributed by atoms with Crippen molar-refractivity contribution in [3.8, 4) is 0 Å². The van der Waals surface area contributed by atoms with E-state index in [1.54, 1.807) is 11.4 Å². The predicted octanol–water partition coefficient (Wildman–Crippen LogP) is 2.08. The summed E-state index contributed by atoms with van der Waals surface area (Å²) in [6.07, 6.45) is 0.727. The van der Waals surface area contributed by atoms with E-state index >= 15 is 0 Å². The molecule has 0 bridgehead atoms. The minimum atomic E-state index is -1.01. The van der Waals surface area contributed by atoms with E-state index in [-0.39, 0.29) is 12.6 Å². The van der Waals surface area contributed by atoms with Crippen LogP contribution < -0.4 is 5.32 Å². The molecule has 0 aromatic carbocycles. The number of hydrogen-bond acceptors (Lipinski definition) is 3. The maximum atomic E-state index is 11.7. The van der Waals surface area contributed by atoms with Crippen molar-refractivity contribution < 1.29 is 14.7 Å². The molecule has 0 saturated carbocycles. The Morgan fingerprint density at radius 1 is 1.56 bits per heavy atom. The Bertz CT molecular complexity index is 351. The number of urea groups is 1. The first kappa shape index (κ1) is 12.5. The van der Waals surface area contributed by atoms with Gasteiger partial charge in [-0.2, -0.15) is 11.3 Å². The van der Waals surface area contributed by atoms with Crippen LogP contribution in [-0.4, -0.2) is 35.1 Å². The topological polar surface area (TPSA) is 69.6 Å². The molecule has 16 heavy (non-hydrogen) atoms. The lowest BCUT2D eigenvalue weighted by Crippen LogP contribution is -2.39. The number of carbonyl (C=O) groups is 2. The zero-order chi connectivity index (χ0) is 12.0. The van der Waals surface area contributed by atoms with E-state index in [0.29, 0.717) is 12.2 Å². The SMILES string of the molecule is CCCN(CC(=O)O)C(=O)Nc1ccsc1. The number of thiophene rings is 1. The number of rotatable bonds is 5. The van der Waals surface area contributed by atoms with Gasteiger partial charge in [-0.15, -0.1) is 0 Å². The zero-order valence-corrected chi connectivity index (χ0v) is 9.79.